The molecule has 1 rings (SSSR count). The maximum Gasteiger partial charge on any atom is 0.330 e. The largest absolute Gasteiger partial charge is 0.463 e. The van der Waals surface area contributed by atoms with Gasteiger partial charge in [0.1, 0.15) is 5.84 Å². The number of esters is 1. The molecule has 0 radical (unpaired) electrons. The Kier molecular flexibility index (Phi) is 4.46. The van der Waals surface area contributed by atoms with Gasteiger partial charge in [0, 0.05) is 11.6 Å². The van der Waals surface area contributed by atoms with Gasteiger partial charge in [-0.3, -0.25) is 5.41 Å². The number of hydrogen-bond acceptors (Lipinski definition) is 3. The molecule has 0 spiro atoms. The third-order valence-electron chi connectivity index (χ3n) is 2.27. The third-order valence-corrected chi connectivity index (χ3v) is 2.27. The first kappa shape index (κ1) is 13.0. The van der Waals surface area contributed by atoms with Crippen molar-refractivity contribution in [2.75, 3.05) is 6.61 Å². The van der Waals surface area contributed by atoms with Crippen LogP contribution < -0.4 is 5.73 Å². The molecule has 0 aliphatic carbocycles. The van der Waals surface area contributed by atoms with Crippen molar-refractivity contribution in [2.45, 2.75) is 13.8 Å². The lowest BCUT2D eigenvalue weighted by atomic mass is 10.0. The van der Waals surface area contributed by atoms with Gasteiger partial charge in [-0.1, -0.05) is 12.1 Å². The Morgan fingerprint density at radius 1 is 1.53 bits per heavy atom. The summed E-state index contributed by atoms with van der Waals surface area (Å²) < 4.78 is 4.79. The number of carbonyl (C=O) groups excluding carboxylic acids is 1. The Labute approximate surface area is 101 Å². The maximum atomic E-state index is 11.1. The molecule has 4 nitrogen and oxygen atoms in total. The van der Waals surface area contributed by atoms with Crippen LogP contribution in [-0.2, 0) is 9.53 Å². The van der Waals surface area contributed by atoms with E-state index in [1.807, 2.05) is 19.1 Å². The number of hydrogen-bond donors (Lipinski definition) is 2. The van der Waals surface area contributed by atoms with Gasteiger partial charge in [-0.15, -0.1) is 0 Å². The predicted octanol–water partition coefficient (Wildman–Crippen LogP) is 1.86. The van der Waals surface area contributed by atoms with Gasteiger partial charge in [-0.25, -0.2) is 4.79 Å². The SMILES string of the molecule is CCOC(=O)/C=C/c1ccc(C(=N)N)cc1C. The number of rotatable bonds is 4. The summed E-state index contributed by atoms with van der Waals surface area (Å²) in [5.41, 5.74) is 7.92. The first-order chi connectivity index (χ1) is 8.04. The van der Waals surface area contributed by atoms with E-state index in [0.717, 1.165) is 11.1 Å². The van der Waals surface area contributed by atoms with E-state index in [1.165, 1.54) is 6.08 Å². The van der Waals surface area contributed by atoms with Crippen molar-refractivity contribution in [3.8, 4) is 0 Å². The summed E-state index contributed by atoms with van der Waals surface area (Å²) >= 11 is 0. The molecule has 0 aliphatic heterocycles. The number of amidine groups is 1. The average Bonchev–Trinajstić information content (AvgIpc) is 2.27. The normalized spacial score (nSPS) is 10.5. The van der Waals surface area contributed by atoms with Crippen LogP contribution >= 0.6 is 0 Å². The molecule has 0 saturated heterocycles. The zero-order valence-electron chi connectivity index (χ0n) is 9.99. The van der Waals surface area contributed by atoms with Crippen molar-refractivity contribution in [3.05, 3.63) is 41.0 Å². The van der Waals surface area contributed by atoms with Gasteiger partial charge in [-0.2, -0.15) is 0 Å². The first-order valence-corrected chi connectivity index (χ1v) is 5.34. The second-order valence-electron chi connectivity index (χ2n) is 3.57. The lowest BCUT2D eigenvalue weighted by Gasteiger charge is -2.03. The van der Waals surface area contributed by atoms with E-state index in [0.29, 0.717) is 12.2 Å². The zero-order chi connectivity index (χ0) is 12.8. The lowest BCUT2D eigenvalue weighted by Crippen LogP contribution is -2.11. The minimum absolute atomic E-state index is 0.0361. The van der Waals surface area contributed by atoms with Crippen LogP contribution in [0.5, 0.6) is 0 Å². The van der Waals surface area contributed by atoms with E-state index >= 15 is 0 Å². The van der Waals surface area contributed by atoms with Crippen molar-refractivity contribution in [1.29, 1.82) is 5.41 Å². The smallest absolute Gasteiger partial charge is 0.330 e. The van der Waals surface area contributed by atoms with Crippen molar-refractivity contribution in [1.82, 2.24) is 0 Å². The summed E-state index contributed by atoms with van der Waals surface area (Å²) in [6.45, 7) is 4.03. The summed E-state index contributed by atoms with van der Waals surface area (Å²) in [6.07, 6.45) is 3.08. The highest BCUT2D eigenvalue weighted by Gasteiger charge is 2.00. The topological polar surface area (TPSA) is 76.2 Å². The number of benzene rings is 1. The first-order valence-electron chi connectivity index (χ1n) is 5.34. The van der Waals surface area contributed by atoms with Crippen LogP contribution in [0.4, 0.5) is 0 Å². The van der Waals surface area contributed by atoms with Crippen LogP contribution in [0, 0.1) is 12.3 Å². The second-order valence-corrected chi connectivity index (χ2v) is 3.57. The molecule has 1 aromatic rings. The van der Waals surface area contributed by atoms with Crippen molar-refractivity contribution >= 4 is 17.9 Å². The van der Waals surface area contributed by atoms with Crippen LogP contribution in [0.1, 0.15) is 23.6 Å². The quantitative estimate of drug-likeness (QED) is 0.360. The fourth-order valence-corrected chi connectivity index (χ4v) is 1.38. The van der Waals surface area contributed by atoms with Crippen LogP contribution in [0.15, 0.2) is 24.3 Å². The fraction of sp³-hybridized carbons (Fsp3) is 0.231. The average molecular weight is 232 g/mol. The molecule has 17 heavy (non-hydrogen) atoms. The van der Waals surface area contributed by atoms with E-state index in [2.05, 4.69) is 0 Å². The summed E-state index contributed by atoms with van der Waals surface area (Å²) in [5.74, 6) is -0.323. The standard InChI is InChI=1S/C13H16N2O2/c1-3-17-12(16)7-6-10-4-5-11(13(14)15)8-9(10)2/h4-8H,3H2,1-2H3,(H3,14,15)/b7-6+. The van der Waals surface area contributed by atoms with Crippen LogP contribution in [0.3, 0.4) is 0 Å². The summed E-state index contributed by atoms with van der Waals surface area (Å²) in [7, 11) is 0. The monoisotopic (exact) mass is 232 g/mol. The molecule has 0 saturated carbocycles. The van der Waals surface area contributed by atoms with E-state index < -0.39 is 0 Å². The highest BCUT2D eigenvalue weighted by molar-refractivity contribution is 5.95. The Morgan fingerprint density at radius 2 is 2.24 bits per heavy atom. The number of nitrogen functional groups attached to an aromatic ring is 1. The molecule has 0 aromatic heterocycles. The molecule has 0 atom stereocenters. The molecular weight excluding hydrogens is 216 g/mol. The van der Waals surface area contributed by atoms with Crippen molar-refractivity contribution in [3.63, 3.8) is 0 Å². The van der Waals surface area contributed by atoms with Crippen molar-refractivity contribution < 1.29 is 9.53 Å². The van der Waals surface area contributed by atoms with Gasteiger partial charge in [-0.05, 0) is 37.1 Å². The molecule has 3 N–H and O–H groups in total. The van der Waals surface area contributed by atoms with E-state index in [-0.39, 0.29) is 11.8 Å². The summed E-state index contributed by atoms with van der Waals surface area (Å²) in [4.78, 5) is 11.1. The number of nitrogens with two attached hydrogens (primary N) is 1. The van der Waals surface area contributed by atoms with E-state index in [4.69, 9.17) is 15.9 Å². The van der Waals surface area contributed by atoms with Crippen LogP contribution in [0.2, 0.25) is 0 Å². The summed E-state index contributed by atoms with van der Waals surface area (Å²) in [6, 6.07) is 5.38. The van der Waals surface area contributed by atoms with Crippen LogP contribution in [0.25, 0.3) is 6.08 Å². The Hall–Kier alpha value is -2.10. The molecule has 0 heterocycles. The molecular formula is C13H16N2O2. The molecule has 0 aliphatic rings. The van der Waals surface area contributed by atoms with E-state index in [1.54, 1.807) is 19.1 Å². The Bertz CT molecular complexity index is 464. The predicted molar refractivity (Wildman–Crippen MR) is 67.9 cm³/mol. The second kappa shape index (κ2) is 5.84. The number of ether oxygens (including phenoxy) is 1. The highest BCUT2D eigenvalue weighted by atomic mass is 16.5. The fourth-order valence-electron chi connectivity index (χ4n) is 1.38. The Morgan fingerprint density at radius 3 is 2.76 bits per heavy atom. The highest BCUT2D eigenvalue weighted by Crippen LogP contribution is 2.12. The molecule has 0 unspecified atom stereocenters. The molecule has 0 fully saturated rings. The van der Waals surface area contributed by atoms with Gasteiger partial charge in [0.05, 0.1) is 6.61 Å². The number of nitrogens with one attached hydrogen (secondary N) is 1. The molecule has 0 amide bonds. The van der Waals surface area contributed by atoms with Crippen molar-refractivity contribution in [2.24, 2.45) is 5.73 Å². The van der Waals surface area contributed by atoms with E-state index in [9.17, 15) is 4.79 Å². The maximum absolute atomic E-state index is 11.1. The number of carbonyl (C=O) groups is 1. The lowest BCUT2D eigenvalue weighted by molar-refractivity contribution is -0.137. The number of aryl methyl sites for hydroxylation is 1. The van der Waals surface area contributed by atoms with Crippen LogP contribution in [-0.4, -0.2) is 18.4 Å². The minimum atomic E-state index is -0.359. The Balaban J connectivity index is 2.86. The third kappa shape index (κ3) is 3.75. The van der Waals surface area contributed by atoms with Gasteiger partial charge < -0.3 is 10.5 Å². The summed E-state index contributed by atoms with van der Waals surface area (Å²) in [5, 5.41) is 7.31. The minimum Gasteiger partial charge on any atom is -0.463 e. The van der Waals surface area contributed by atoms with Gasteiger partial charge in [0.25, 0.3) is 0 Å². The molecule has 90 valence electrons. The van der Waals surface area contributed by atoms with Gasteiger partial charge >= 0.3 is 5.97 Å². The van der Waals surface area contributed by atoms with Gasteiger partial charge in [0.15, 0.2) is 0 Å². The molecule has 0 bridgehead atoms. The zero-order valence-corrected chi connectivity index (χ0v) is 9.99. The molecule has 1 aromatic carbocycles. The van der Waals surface area contributed by atoms with Gasteiger partial charge in [0.2, 0.25) is 0 Å². The molecule has 4 heteroatoms.